The molecule has 0 aliphatic carbocycles. The van der Waals surface area contributed by atoms with E-state index in [1.54, 1.807) is 12.1 Å². The van der Waals surface area contributed by atoms with Gasteiger partial charge in [-0.2, -0.15) is 0 Å². The van der Waals surface area contributed by atoms with E-state index in [9.17, 15) is 4.79 Å². The van der Waals surface area contributed by atoms with Crippen molar-refractivity contribution in [3.05, 3.63) is 22.2 Å². The number of hydrogen-bond donors (Lipinski definition) is 0. The summed E-state index contributed by atoms with van der Waals surface area (Å²) in [4.78, 5) is 11.4. The minimum absolute atomic E-state index is 0.333. The standard InChI is InChI=1S/C10H11BrO4/c1-13-8-5-7(11)9(14-2)4-6(8)10(12)15-3/h4-5H,1-3H3. The molecule has 0 N–H and O–H groups in total. The highest BCUT2D eigenvalue weighted by Crippen LogP contribution is 2.32. The molecule has 0 aromatic heterocycles. The highest BCUT2D eigenvalue weighted by atomic mass is 79.9. The van der Waals surface area contributed by atoms with Crippen molar-refractivity contribution in [2.45, 2.75) is 0 Å². The zero-order chi connectivity index (χ0) is 11.4. The second-order valence-corrected chi connectivity index (χ2v) is 3.53. The van der Waals surface area contributed by atoms with Crippen molar-refractivity contribution in [2.75, 3.05) is 21.3 Å². The minimum atomic E-state index is -0.461. The van der Waals surface area contributed by atoms with Crippen molar-refractivity contribution in [1.82, 2.24) is 0 Å². The van der Waals surface area contributed by atoms with E-state index in [0.717, 1.165) is 4.47 Å². The number of rotatable bonds is 3. The SMILES string of the molecule is COC(=O)c1cc(OC)c(Br)cc1OC. The van der Waals surface area contributed by atoms with Crippen molar-refractivity contribution in [1.29, 1.82) is 0 Å². The number of halogens is 1. The van der Waals surface area contributed by atoms with Gasteiger partial charge in [0.1, 0.15) is 17.1 Å². The number of carbonyl (C=O) groups is 1. The summed E-state index contributed by atoms with van der Waals surface area (Å²) in [5.41, 5.74) is 0.333. The zero-order valence-corrected chi connectivity index (χ0v) is 10.3. The Morgan fingerprint density at radius 1 is 1.13 bits per heavy atom. The molecule has 1 rings (SSSR count). The Hall–Kier alpha value is -1.23. The van der Waals surface area contributed by atoms with Crippen LogP contribution in [0.15, 0.2) is 16.6 Å². The van der Waals surface area contributed by atoms with Gasteiger partial charge in [-0.05, 0) is 28.1 Å². The third kappa shape index (κ3) is 2.41. The normalized spacial score (nSPS) is 9.60. The quantitative estimate of drug-likeness (QED) is 0.794. The Kier molecular flexibility index (Phi) is 3.96. The summed E-state index contributed by atoms with van der Waals surface area (Å²) in [6, 6.07) is 3.22. The molecule has 0 fully saturated rings. The molecule has 5 heteroatoms. The van der Waals surface area contributed by atoms with Crippen molar-refractivity contribution >= 4 is 21.9 Å². The van der Waals surface area contributed by atoms with Gasteiger partial charge in [0.25, 0.3) is 0 Å². The molecule has 0 saturated carbocycles. The van der Waals surface area contributed by atoms with Crippen molar-refractivity contribution in [3.8, 4) is 11.5 Å². The number of methoxy groups -OCH3 is 3. The van der Waals surface area contributed by atoms with E-state index < -0.39 is 5.97 Å². The lowest BCUT2D eigenvalue weighted by atomic mass is 10.2. The monoisotopic (exact) mass is 274 g/mol. The van der Waals surface area contributed by atoms with Crippen LogP contribution in [-0.4, -0.2) is 27.3 Å². The van der Waals surface area contributed by atoms with Gasteiger partial charge in [0.05, 0.1) is 25.8 Å². The first-order valence-electron chi connectivity index (χ1n) is 4.13. The van der Waals surface area contributed by atoms with Crippen molar-refractivity contribution < 1.29 is 19.0 Å². The van der Waals surface area contributed by atoms with Gasteiger partial charge in [0, 0.05) is 0 Å². The summed E-state index contributed by atoms with van der Waals surface area (Å²) >= 11 is 3.30. The maximum atomic E-state index is 11.4. The van der Waals surface area contributed by atoms with E-state index in [1.807, 2.05) is 0 Å². The van der Waals surface area contributed by atoms with Gasteiger partial charge in [0.15, 0.2) is 0 Å². The van der Waals surface area contributed by atoms with Crippen LogP contribution in [0.3, 0.4) is 0 Å². The Labute approximate surface area is 96.3 Å². The van der Waals surface area contributed by atoms with Gasteiger partial charge in [0.2, 0.25) is 0 Å². The molecule has 1 aromatic rings. The molecule has 0 heterocycles. The highest BCUT2D eigenvalue weighted by Gasteiger charge is 2.16. The van der Waals surface area contributed by atoms with Crippen LogP contribution in [0.1, 0.15) is 10.4 Å². The molecule has 0 radical (unpaired) electrons. The molecule has 0 spiro atoms. The smallest absolute Gasteiger partial charge is 0.341 e. The third-order valence-electron chi connectivity index (χ3n) is 1.88. The van der Waals surface area contributed by atoms with Gasteiger partial charge in [-0.15, -0.1) is 0 Å². The van der Waals surface area contributed by atoms with E-state index in [0.29, 0.717) is 17.1 Å². The van der Waals surface area contributed by atoms with Gasteiger partial charge >= 0.3 is 5.97 Å². The fourth-order valence-corrected chi connectivity index (χ4v) is 1.61. The van der Waals surface area contributed by atoms with Gasteiger partial charge in [-0.25, -0.2) is 4.79 Å². The summed E-state index contributed by atoms with van der Waals surface area (Å²) in [7, 11) is 4.32. The molecule has 4 nitrogen and oxygen atoms in total. The average molecular weight is 275 g/mol. The van der Waals surface area contributed by atoms with Gasteiger partial charge in [-0.1, -0.05) is 0 Å². The number of benzene rings is 1. The first kappa shape index (κ1) is 11.8. The van der Waals surface area contributed by atoms with E-state index in [2.05, 4.69) is 20.7 Å². The maximum absolute atomic E-state index is 11.4. The van der Waals surface area contributed by atoms with E-state index in [1.165, 1.54) is 21.3 Å². The number of esters is 1. The Morgan fingerprint density at radius 2 is 1.73 bits per heavy atom. The van der Waals surface area contributed by atoms with Crippen LogP contribution >= 0.6 is 15.9 Å². The second-order valence-electron chi connectivity index (χ2n) is 2.68. The summed E-state index contributed by atoms with van der Waals surface area (Å²) in [6.45, 7) is 0. The molecule has 0 unspecified atom stereocenters. The average Bonchev–Trinajstić information content (AvgIpc) is 2.27. The molecule has 15 heavy (non-hydrogen) atoms. The Balaban J connectivity index is 3.28. The molecule has 0 saturated heterocycles. The predicted molar refractivity (Wildman–Crippen MR) is 58.6 cm³/mol. The van der Waals surface area contributed by atoms with E-state index >= 15 is 0 Å². The first-order chi connectivity index (χ1) is 7.13. The van der Waals surface area contributed by atoms with Crippen LogP contribution in [0.5, 0.6) is 11.5 Å². The molecule has 0 amide bonds. The maximum Gasteiger partial charge on any atom is 0.341 e. The molecule has 82 valence electrons. The molecule has 0 bridgehead atoms. The molecule has 0 aliphatic heterocycles. The summed E-state index contributed by atoms with van der Waals surface area (Å²) in [5, 5.41) is 0. The third-order valence-corrected chi connectivity index (χ3v) is 2.50. The van der Waals surface area contributed by atoms with Crippen LogP contribution < -0.4 is 9.47 Å². The first-order valence-corrected chi connectivity index (χ1v) is 4.93. The Morgan fingerprint density at radius 3 is 2.20 bits per heavy atom. The fourth-order valence-electron chi connectivity index (χ4n) is 1.13. The zero-order valence-electron chi connectivity index (χ0n) is 8.67. The fraction of sp³-hybridized carbons (Fsp3) is 0.300. The summed E-state index contributed by atoms with van der Waals surface area (Å²) in [6.07, 6.45) is 0. The van der Waals surface area contributed by atoms with Crippen LogP contribution in [-0.2, 0) is 4.74 Å². The molecule has 0 aliphatic rings. The lowest BCUT2D eigenvalue weighted by molar-refractivity contribution is 0.0596. The van der Waals surface area contributed by atoms with E-state index in [4.69, 9.17) is 9.47 Å². The number of ether oxygens (including phenoxy) is 3. The molecular weight excluding hydrogens is 264 g/mol. The summed E-state index contributed by atoms with van der Waals surface area (Å²) < 4.78 is 15.5. The van der Waals surface area contributed by atoms with Crippen molar-refractivity contribution in [3.63, 3.8) is 0 Å². The van der Waals surface area contributed by atoms with Gasteiger partial charge in [-0.3, -0.25) is 0 Å². The van der Waals surface area contributed by atoms with Crippen LogP contribution in [0, 0.1) is 0 Å². The summed E-state index contributed by atoms with van der Waals surface area (Å²) in [5.74, 6) is 0.531. The lowest BCUT2D eigenvalue weighted by Crippen LogP contribution is -2.04. The molecular formula is C10H11BrO4. The highest BCUT2D eigenvalue weighted by molar-refractivity contribution is 9.10. The Bertz CT molecular complexity index is 376. The minimum Gasteiger partial charge on any atom is -0.496 e. The van der Waals surface area contributed by atoms with E-state index in [-0.39, 0.29) is 0 Å². The lowest BCUT2D eigenvalue weighted by Gasteiger charge is -2.10. The number of carbonyl (C=O) groups excluding carboxylic acids is 1. The predicted octanol–water partition coefficient (Wildman–Crippen LogP) is 2.25. The van der Waals surface area contributed by atoms with Crippen molar-refractivity contribution in [2.24, 2.45) is 0 Å². The van der Waals surface area contributed by atoms with Crippen LogP contribution in [0.25, 0.3) is 0 Å². The van der Waals surface area contributed by atoms with Gasteiger partial charge < -0.3 is 14.2 Å². The van der Waals surface area contributed by atoms with Crippen LogP contribution in [0.2, 0.25) is 0 Å². The molecule has 0 atom stereocenters. The van der Waals surface area contributed by atoms with Crippen LogP contribution in [0.4, 0.5) is 0 Å². The number of hydrogen-bond acceptors (Lipinski definition) is 4. The molecule has 1 aromatic carbocycles. The topological polar surface area (TPSA) is 44.8 Å². The second kappa shape index (κ2) is 5.02. The largest absolute Gasteiger partial charge is 0.496 e.